The summed E-state index contributed by atoms with van der Waals surface area (Å²) in [6.07, 6.45) is 12.6. The summed E-state index contributed by atoms with van der Waals surface area (Å²) in [5.41, 5.74) is 0.551. The molecular weight excluding hydrogens is 410 g/mol. The lowest BCUT2D eigenvalue weighted by Crippen LogP contribution is -2.49. The van der Waals surface area contributed by atoms with E-state index in [4.69, 9.17) is 16.3 Å². The topological polar surface area (TPSA) is 44.8 Å². The highest BCUT2D eigenvalue weighted by atomic mass is 35.5. The second kappa shape index (κ2) is 9.68. The zero-order valence-corrected chi connectivity index (χ0v) is 19.3. The zero-order valence-electron chi connectivity index (χ0n) is 18.5. The Morgan fingerprint density at radius 1 is 0.871 bits per heavy atom. The predicted molar refractivity (Wildman–Crippen MR) is 124 cm³/mol. The van der Waals surface area contributed by atoms with E-state index in [0.717, 1.165) is 69.7 Å². The van der Waals surface area contributed by atoms with E-state index in [0.29, 0.717) is 10.6 Å². The number of amides is 1. The number of nitrogens with zero attached hydrogens (tertiary/aromatic N) is 2. The van der Waals surface area contributed by atoms with Crippen LogP contribution in [0.25, 0.3) is 0 Å². The molecule has 1 amide bonds. The fourth-order valence-corrected chi connectivity index (χ4v) is 5.74. The minimum atomic E-state index is -0.0625. The monoisotopic (exact) mass is 445 g/mol. The first kappa shape index (κ1) is 21.5. The first-order valence-corrected chi connectivity index (χ1v) is 12.8. The maximum Gasteiger partial charge on any atom is 0.253 e. The molecule has 0 spiro atoms. The van der Waals surface area contributed by atoms with Gasteiger partial charge in [0.25, 0.3) is 5.91 Å². The van der Waals surface area contributed by atoms with E-state index in [9.17, 15) is 4.79 Å². The number of nitrogens with one attached hydrogen (secondary N) is 1. The summed E-state index contributed by atoms with van der Waals surface area (Å²) in [6.45, 7) is 4.44. The number of hydrogen-bond acceptors (Lipinski definition) is 4. The number of hydrogen-bond donors (Lipinski definition) is 1. The summed E-state index contributed by atoms with van der Waals surface area (Å²) in [5.74, 6) is 0.713. The van der Waals surface area contributed by atoms with Gasteiger partial charge in [-0.05, 0) is 69.6 Å². The number of halogens is 1. The molecule has 2 heterocycles. The second-order valence-electron chi connectivity index (χ2n) is 9.95. The van der Waals surface area contributed by atoms with Gasteiger partial charge in [0.2, 0.25) is 0 Å². The molecule has 170 valence electrons. The fraction of sp³-hybridized carbons (Fsp3) is 0.720. The lowest BCUT2D eigenvalue weighted by Gasteiger charge is -2.41. The molecule has 5 nitrogen and oxygen atoms in total. The number of carbonyl (C=O) groups is 1. The molecule has 0 radical (unpaired) electrons. The molecule has 1 aromatic carbocycles. The summed E-state index contributed by atoms with van der Waals surface area (Å²) >= 11 is 6.48. The normalized spacial score (nSPS) is 25.1. The molecule has 0 bridgehead atoms. The van der Waals surface area contributed by atoms with Crippen molar-refractivity contribution in [3.05, 3.63) is 28.8 Å². The van der Waals surface area contributed by atoms with Gasteiger partial charge in [0.1, 0.15) is 11.9 Å². The molecule has 1 N–H and O–H groups in total. The summed E-state index contributed by atoms with van der Waals surface area (Å²) in [7, 11) is 0. The average Bonchev–Trinajstić information content (AvgIpc) is 2.68. The summed E-state index contributed by atoms with van der Waals surface area (Å²) in [4.78, 5) is 18.0. The summed E-state index contributed by atoms with van der Waals surface area (Å²) < 4.78 is 6.20. The van der Waals surface area contributed by atoms with Gasteiger partial charge in [0, 0.05) is 44.3 Å². The van der Waals surface area contributed by atoms with Gasteiger partial charge in [-0.25, -0.2) is 0 Å². The number of likely N-dealkylation sites (tertiary alicyclic amines) is 2. The Kier molecular flexibility index (Phi) is 6.73. The number of carbonyl (C=O) groups excluding carboxylic acids is 1. The van der Waals surface area contributed by atoms with Crippen LogP contribution in [0.1, 0.15) is 74.6 Å². The Morgan fingerprint density at radius 3 is 1.97 bits per heavy atom. The summed E-state index contributed by atoms with van der Waals surface area (Å²) in [6, 6.07) is 7.39. The second-order valence-corrected chi connectivity index (χ2v) is 10.4. The maximum atomic E-state index is 12.8. The Labute approximate surface area is 191 Å². The van der Waals surface area contributed by atoms with E-state index in [-0.39, 0.29) is 18.1 Å². The highest BCUT2D eigenvalue weighted by Gasteiger charge is 2.30. The van der Waals surface area contributed by atoms with E-state index < -0.39 is 0 Å². The largest absolute Gasteiger partial charge is 0.490 e. The van der Waals surface area contributed by atoms with Crippen LogP contribution in [0.4, 0.5) is 0 Å². The van der Waals surface area contributed by atoms with Gasteiger partial charge in [-0.1, -0.05) is 24.4 Å². The van der Waals surface area contributed by atoms with Crippen molar-refractivity contribution in [2.75, 3.05) is 26.2 Å². The van der Waals surface area contributed by atoms with Crippen LogP contribution in [-0.2, 0) is 0 Å². The molecule has 0 atom stereocenters. The van der Waals surface area contributed by atoms with Crippen LogP contribution in [0.15, 0.2) is 18.2 Å². The minimum Gasteiger partial charge on any atom is -0.490 e. The Hall–Kier alpha value is -1.30. The molecule has 0 aromatic heterocycles. The van der Waals surface area contributed by atoms with Gasteiger partial charge >= 0.3 is 0 Å². The van der Waals surface area contributed by atoms with Crippen molar-refractivity contribution in [1.29, 1.82) is 0 Å². The van der Waals surface area contributed by atoms with Crippen molar-refractivity contribution in [2.24, 2.45) is 0 Å². The molecule has 2 saturated carbocycles. The van der Waals surface area contributed by atoms with Crippen molar-refractivity contribution >= 4 is 17.5 Å². The van der Waals surface area contributed by atoms with Gasteiger partial charge in [-0.2, -0.15) is 0 Å². The van der Waals surface area contributed by atoms with Crippen LogP contribution in [-0.4, -0.2) is 66.1 Å². The molecular formula is C25H36ClN3O2. The molecule has 2 aliphatic carbocycles. The fourth-order valence-electron chi connectivity index (χ4n) is 5.48. The van der Waals surface area contributed by atoms with Crippen LogP contribution < -0.4 is 10.1 Å². The standard InChI is InChI=1S/C25H36ClN3O2/c26-24-17-22(31-21-11-15-29(16-12-21)20-5-2-6-20)7-8-23(24)25(30)27-18-9-13-28(14-10-18)19-3-1-4-19/h7-8,17-21H,1-6,9-16H2,(H,27,30). The molecule has 4 fully saturated rings. The Morgan fingerprint density at radius 2 is 1.45 bits per heavy atom. The van der Waals surface area contributed by atoms with Crippen molar-refractivity contribution < 1.29 is 9.53 Å². The molecule has 5 rings (SSSR count). The Balaban J connectivity index is 1.09. The molecule has 6 heteroatoms. The number of ether oxygens (including phenoxy) is 1. The first-order chi connectivity index (χ1) is 15.2. The van der Waals surface area contributed by atoms with Crippen LogP contribution in [0, 0.1) is 0 Å². The van der Waals surface area contributed by atoms with Crippen LogP contribution in [0.2, 0.25) is 5.02 Å². The predicted octanol–water partition coefficient (Wildman–Crippen LogP) is 4.48. The van der Waals surface area contributed by atoms with E-state index in [1.54, 1.807) is 0 Å². The third-order valence-electron chi connectivity index (χ3n) is 8.01. The summed E-state index contributed by atoms with van der Waals surface area (Å²) in [5, 5.41) is 3.68. The van der Waals surface area contributed by atoms with Crippen LogP contribution in [0.5, 0.6) is 5.75 Å². The maximum absolute atomic E-state index is 12.8. The quantitative estimate of drug-likeness (QED) is 0.701. The molecule has 2 aliphatic heterocycles. The average molecular weight is 446 g/mol. The highest BCUT2D eigenvalue weighted by Crippen LogP contribution is 2.30. The highest BCUT2D eigenvalue weighted by molar-refractivity contribution is 6.34. The van der Waals surface area contributed by atoms with Crippen molar-refractivity contribution in [2.45, 2.75) is 88.4 Å². The first-order valence-electron chi connectivity index (χ1n) is 12.4. The van der Waals surface area contributed by atoms with Crippen molar-refractivity contribution in [1.82, 2.24) is 15.1 Å². The number of piperidine rings is 2. The van der Waals surface area contributed by atoms with E-state index >= 15 is 0 Å². The van der Waals surface area contributed by atoms with Gasteiger partial charge in [-0.15, -0.1) is 0 Å². The van der Waals surface area contributed by atoms with Gasteiger partial charge in [-0.3, -0.25) is 4.79 Å². The van der Waals surface area contributed by atoms with Crippen LogP contribution >= 0.6 is 11.6 Å². The SMILES string of the molecule is O=C(NC1CCN(C2CCC2)CC1)c1ccc(OC2CCN(C3CCC3)CC2)cc1Cl. The Bertz CT molecular complexity index is 764. The minimum absolute atomic E-state index is 0.0625. The molecule has 31 heavy (non-hydrogen) atoms. The molecule has 1 aromatic rings. The van der Waals surface area contributed by atoms with E-state index in [2.05, 4.69) is 15.1 Å². The zero-order chi connectivity index (χ0) is 21.2. The smallest absolute Gasteiger partial charge is 0.253 e. The van der Waals surface area contributed by atoms with E-state index in [1.807, 2.05) is 18.2 Å². The van der Waals surface area contributed by atoms with Gasteiger partial charge in [0.15, 0.2) is 0 Å². The molecule has 0 unspecified atom stereocenters. The van der Waals surface area contributed by atoms with E-state index in [1.165, 1.54) is 38.5 Å². The lowest BCUT2D eigenvalue weighted by atomic mass is 9.89. The van der Waals surface area contributed by atoms with Gasteiger partial charge in [0.05, 0.1) is 10.6 Å². The number of benzene rings is 1. The van der Waals surface area contributed by atoms with Crippen molar-refractivity contribution in [3.63, 3.8) is 0 Å². The van der Waals surface area contributed by atoms with Gasteiger partial charge < -0.3 is 19.9 Å². The van der Waals surface area contributed by atoms with Crippen molar-refractivity contribution in [3.8, 4) is 5.75 Å². The molecule has 4 aliphatic rings. The van der Waals surface area contributed by atoms with Crippen LogP contribution in [0.3, 0.4) is 0 Å². The third kappa shape index (κ3) is 5.04. The third-order valence-corrected chi connectivity index (χ3v) is 8.32. The lowest BCUT2D eigenvalue weighted by molar-refractivity contribution is 0.0493. The number of rotatable bonds is 6. The molecule has 2 saturated heterocycles.